The van der Waals surface area contributed by atoms with Gasteiger partial charge in [0, 0.05) is 44.0 Å². The monoisotopic (exact) mass is 409 g/mol. The number of ether oxygens (including phenoxy) is 2. The lowest BCUT2D eigenvalue weighted by atomic mass is 10.1. The lowest BCUT2D eigenvalue weighted by molar-refractivity contribution is -0.116. The predicted molar refractivity (Wildman–Crippen MR) is 116 cm³/mol. The summed E-state index contributed by atoms with van der Waals surface area (Å²) in [5, 5.41) is 6.06. The van der Waals surface area contributed by atoms with Gasteiger partial charge in [0.15, 0.2) is 11.5 Å². The molecule has 1 aromatic carbocycles. The van der Waals surface area contributed by atoms with Gasteiger partial charge in [-0.3, -0.25) is 4.79 Å². The van der Waals surface area contributed by atoms with Crippen molar-refractivity contribution in [3.63, 3.8) is 0 Å². The third-order valence-electron chi connectivity index (χ3n) is 5.05. The Bertz CT molecular complexity index is 925. The maximum atomic E-state index is 12.1. The largest absolute Gasteiger partial charge is 0.454 e. The minimum atomic E-state index is -0.159. The van der Waals surface area contributed by atoms with Gasteiger partial charge in [-0.05, 0) is 50.0 Å². The van der Waals surface area contributed by atoms with E-state index in [4.69, 9.17) is 9.47 Å². The first-order chi connectivity index (χ1) is 14.7. The molecule has 2 N–H and O–H groups in total. The van der Waals surface area contributed by atoms with Crippen molar-refractivity contribution in [3.05, 3.63) is 41.6 Å². The van der Waals surface area contributed by atoms with Crippen LogP contribution in [-0.2, 0) is 4.79 Å². The van der Waals surface area contributed by atoms with Gasteiger partial charge >= 0.3 is 0 Å². The van der Waals surface area contributed by atoms with Crippen LogP contribution in [0.25, 0.3) is 6.08 Å². The minimum Gasteiger partial charge on any atom is -0.454 e. The average molecular weight is 409 g/mol. The molecule has 8 nitrogen and oxygen atoms in total. The van der Waals surface area contributed by atoms with E-state index in [1.54, 1.807) is 6.08 Å². The summed E-state index contributed by atoms with van der Waals surface area (Å²) in [5.41, 5.74) is 1.81. The molecular weight excluding hydrogens is 382 g/mol. The third-order valence-corrected chi connectivity index (χ3v) is 5.05. The summed E-state index contributed by atoms with van der Waals surface area (Å²) in [6.45, 7) is 5.32. The van der Waals surface area contributed by atoms with E-state index >= 15 is 0 Å². The lowest BCUT2D eigenvalue weighted by Gasteiger charge is -2.28. The standard InChI is InChI=1S/C22H27N5O3/c1-16-13-20(27-11-3-2-4-12-27)26-22(25-16)24-10-9-23-21(28)8-6-17-5-7-18-19(14-17)30-15-29-18/h5-8,13-14H,2-4,9-12,15H2,1H3,(H,23,28)(H,24,25,26)/b8-6+. The molecule has 4 rings (SSSR count). The summed E-state index contributed by atoms with van der Waals surface area (Å²) in [6.07, 6.45) is 6.96. The molecule has 158 valence electrons. The maximum absolute atomic E-state index is 12.1. The fourth-order valence-corrected chi connectivity index (χ4v) is 3.52. The Morgan fingerprint density at radius 2 is 1.93 bits per heavy atom. The van der Waals surface area contributed by atoms with Crippen molar-refractivity contribution in [1.82, 2.24) is 15.3 Å². The molecule has 1 aromatic heterocycles. The van der Waals surface area contributed by atoms with E-state index in [0.29, 0.717) is 24.8 Å². The molecule has 0 saturated carbocycles. The highest BCUT2D eigenvalue weighted by Gasteiger charge is 2.14. The van der Waals surface area contributed by atoms with Crippen molar-refractivity contribution in [3.8, 4) is 11.5 Å². The average Bonchev–Trinajstić information content (AvgIpc) is 3.23. The van der Waals surface area contributed by atoms with Gasteiger partial charge in [0.05, 0.1) is 0 Å². The van der Waals surface area contributed by atoms with Crippen molar-refractivity contribution in [1.29, 1.82) is 0 Å². The molecule has 0 atom stereocenters. The first-order valence-corrected chi connectivity index (χ1v) is 10.4. The fraction of sp³-hybridized carbons (Fsp3) is 0.409. The van der Waals surface area contributed by atoms with Crippen molar-refractivity contribution in [2.75, 3.05) is 43.2 Å². The van der Waals surface area contributed by atoms with E-state index in [2.05, 4.69) is 25.5 Å². The number of hydrogen-bond acceptors (Lipinski definition) is 7. The number of benzene rings is 1. The fourth-order valence-electron chi connectivity index (χ4n) is 3.52. The van der Waals surface area contributed by atoms with Crippen molar-refractivity contribution in [2.24, 2.45) is 0 Å². The Balaban J connectivity index is 1.23. The zero-order chi connectivity index (χ0) is 20.8. The van der Waals surface area contributed by atoms with Crippen molar-refractivity contribution < 1.29 is 14.3 Å². The first kappa shape index (κ1) is 20.0. The maximum Gasteiger partial charge on any atom is 0.244 e. The summed E-state index contributed by atoms with van der Waals surface area (Å²) < 4.78 is 10.6. The van der Waals surface area contributed by atoms with Crippen LogP contribution in [0, 0.1) is 6.92 Å². The number of anilines is 2. The van der Waals surface area contributed by atoms with Crippen LogP contribution in [0.4, 0.5) is 11.8 Å². The van der Waals surface area contributed by atoms with Gasteiger partial charge in [0.1, 0.15) is 5.82 Å². The van der Waals surface area contributed by atoms with E-state index in [1.165, 1.54) is 25.3 Å². The molecule has 0 bridgehead atoms. The second kappa shape index (κ2) is 9.47. The number of fused-ring (bicyclic) bond motifs is 1. The number of amides is 1. The Labute approximate surface area is 176 Å². The van der Waals surface area contributed by atoms with E-state index in [0.717, 1.165) is 35.9 Å². The third kappa shape index (κ3) is 5.20. The van der Waals surface area contributed by atoms with Crippen LogP contribution in [-0.4, -0.2) is 48.8 Å². The van der Waals surface area contributed by atoms with Gasteiger partial charge in [0.25, 0.3) is 0 Å². The molecule has 1 fully saturated rings. The summed E-state index contributed by atoms with van der Waals surface area (Å²) in [6, 6.07) is 7.60. The van der Waals surface area contributed by atoms with Crippen LogP contribution in [0.5, 0.6) is 11.5 Å². The lowest BCUT2D eigenvalue weighted by Crippen LogP contribution is -2.31. The van der Waals surface area contributed by atoms with E-state index in [9.17, 15) is 4.79 Å². The van der Waals surface area contributed by atoms with E-state index in [1.807, 2.05) is 31.2 Å². The molecule has 8 heteroatoms. The van der Waals surface area contributed by atoms with Crippen LogP contribution < -0.4 is 25.0 Å². The highest BCUT2D eigenvalue weighted by Crippen LogP contribution is 2.32. The number of piperidine rings is 1. The van der Waals surface area contributed by atoms with Crippen molar-refractivity contribution >= 4 is 23.7 Å². The summed E-state index contributed by atoms with van der Waals surface area (Å²) in [4.78, 5) is 23.5. The number of carbonyl (C=O) groups is 1. The van der Waals surface area contributed by atoms with Crippen molar-refractivity contribution in [2.45, 2.75) is 26.2 Å². The Morgan fingerprint density at radius 1 is 1.10 bits per heavy atom. The molecule has 1 amide bonds. The molecular formula is C22H27N5O3. The molecule has 0 aliphatic carbocycles. The highest BCUT2D eigenvalue weighted by atomic mass is 16.7. The normalized spacial score (nSPS) is 15.4. The summed E-state index contributed by atoms with van der Waals surface area (Å²) in [7, 11) is 0. The number of hydrogen-bond donors (Lipinski definition) is 2. The van der Waals surface area contributed by atoms with Gasteiger partial charge in [-0.25, -0.2) is 4.98 Å². The van der Waals surface area contributed by atoms with Crippen LogP contribution >= 0.6 is 0 Å². The number of carbonyl (C=O) groups excluding carboxylic acids is 1. The van der Waals surface area contributed by atoms with Crippen LogP contribution in [0.3, 0.4) is 0 Å². The van der Waals surface area contributed by atoms with E-state index < -0.39 is 0 Å². The second-order valence-corrected chi connectivity index (χ2v) is 7.40. The highest BCUT2D eigenvalue weighted by molar-refractivity contribution is 5.91. The quantitative estimate of drug-likeness (QED) is 0.537. The number of aryl methyl sites for hydroxylation is 1. The van der Waals surface area contributed by atoms with E-state index in [-0.39, 0.29) is 12.7 Å². The van der Waals surface area contributed by atoms with Gasteiger partial charge in [-0.2, -0.15) is 4.98 Å². The second-order valence-electron chi connectivity index (χ2n) is 7.40. The Morgan fingerprint density at radius 3 is 2.80 bits per heavy atom. The topological polar surface area (TPSA) is 88.6 Å². The molecule has 3 heterocycles. The first-order valence-electron chi connectivity index (χ1n) is 10.4. The molecule has 2 aromatic rings. The van der Waals surface area contributed by atoms with Crippen LogP contribution in [0.15, 0.2) is 30.3 Å². The number of nitrogens with zero attached hydrogens (tertiary/aromatic N) is 3. The van der Waals surface area contributed by atoms with Crippen LogP contribution in [0.2, 0.25) is 0 Å². The number of rotatable bonds is 7. The molecule has 2 aliphatic heterocycles. The number of nitrogens with one attached hydrogen (secondary N) is 2. The minimum absolute atomic E-state index is 0.159. The van der Waals surface area contributed by atoms with Gasteiger partial charge < -0.3 is 25.0 Å². The van der Waals surface area contributed by atoms with Gasteiger partial charge in [0.2, 0.25) is 18.6 Å². The molecule has 0 spiro atoms. The summed E-state index contributed by atoms with van der Waals surface area (Å²) in [5.74, 6) is 2.84. The molecule has 0 unspecified atom stereocenters. The zero-order valence-electron chi connectivity index (χ0n) is 17.2. The predicted octanol–water partition coefficient (Wildman–Crippen LogP) is 2.75. The Hall–Kier alpha value is -3.29. The van der Waals surface area contributed by atoms with Gasteiger partial charge in [-0.1, -0.05) is 6.07 Å². The molecule has 30 heavy (non-hydrogen) atoms. The van der Waals surface area contributed by atoms with Gasteiger partial charge in [-0.15, -0.1) is 0 Å². The molecule has 0 radical (unpaired) electrons. The number of aromatic nitrogens is 2. The molecule has 1 saturated heterocycles. The smallest absolute Gasteiger partial charge is 0.244 e. The SMILES string of the molecule is Cc1cc(N2CCCCC2)nc(NCCNC(=O)/C=C/c2ccc3c(c2)OCO3)n1. The summed E-state index contributed by atoms with van der Waals surface area (Å²) >= 11 is 0. The molecule has 2 aliphatic rings. The van der Waals surface area contributed by atoms with Crippen LogP contribution in [0.1, 0.15) is 30.5 Å². The zero-order valence-corrected chi connectivity index (χ0v) is 17.2. The Kier molecular flexibility index (Phi) is 6.32.